The number of carbonyl (C=O) groups is 1. The van der Waals surface area contributed by atoms with Gasteiger partial charge in [0.2, 0.25) is 5.91 Å². The Kier molecular flexibility index (Phi) is 4.25. The summed E-state index contributed by atoms with van der Waals surface area (Å²) in [6.07, 6.45) is 4.94. The van der Waals surface area contributed by atoms with Crippen LogP contribution in [0.1, 0.15) is 32.6 Å². The lowest BCUT2D eigenvalue weighted by molar-refractivity contribution is -0.146. The van der Waals surface area contributed by atoms with Crippen molar-refractivity contribution in [3.05, 3.63) is 0 Å². The van der Waals surface area contributed by atoms with Gasteiger partial charge in [0, 0.05) is 24.3 Å². The highest BCUT2D eigenvalue weighted by Gasteiger charge is 2.32. The molecule has 0 bridgehead atoms. The number of halogens is 1. The zero-order chi connectivity index (χ0) is 11.5. The van der Waals surface area contributed by atoms with Gasteiger partial charge in [0.15, 0.2) is 0 Å². The molecule has 2 fully saturated rings. The van der Waals surface area contributed by atoms with Crippen LogP contribution in [0.15, 0.2) is 0 Å². The molecule has 1 saturated carbocycles. The van der Waals surface area contributed by atoms with Crippen LogP contribution in [-0.2, 0) is 9.53 Å². The fourth-order valence-electron chi connectivity index (χ4n) is 2.74. The van der Waals surface area contributed by atoms with Crippen LogP contribution < -0.4 is 0 Å². The molecule has 2 aliphatic rings. The summed E-state index contributed by atoms with van der Waals surface area (Å²) in [6, 6.07) is 0. The Morgan fingerprint density at radius 2 is 2.06 bits per heavy atom. The highest BCUT2D eigenvalue weighted by molar-refractivity contribution is 9.09. The molecule has 0 N–H and O–H groups in total. The van der Waals surface area contributed by atoms with Gasteiger partial charge in [-0.25, -0.2) is 0 Å². The van der Waals surface area contributed by atoms with Gasteiger partial charge in [-0.15, -0.1) is 0 Å². The molecule has 0 spiro atoms. The summed E-state index contributed by atoms with van der Waals surface area (Å²) in [5.74, 6) is 0.653. The van der Waals surface area contributed by atoms with E-state index < -0.39 is 0 Å². The van der Waals surface area contributed by atoms with E-state index in [0.29, 0.717) is 11.8 Å². The molecule has 2 atom stereocenters. The molecule has 2 rings (SSSR count). The Bertz CT molecular complexity index is 253. The highest BCUT2D eigenvalue weighted by atomic mass is 79.9. The maximum Gasteiger partial charge on any atom is 0.225 e. The number of hydrogen-bond acceptors (Lipinski definition) is 2. The maximum atomic E-state index is 12.3. The first-order valence-electron chi connectivity index (χ1n) is 6.21. The molecular weight excluding hydrogens is 270 g/mol. The zero-order valence-corrected chi connectivity index (χ0v) is 11.4. The van der Waals surface area contributed by atoms with E-state index in [0.717, 1.165) is 31.3 Å². The van der Waals surface area contributed by atoms with Gasteiger partial charge in [-0.3, -0.25) is 4.79 Å². The fraction of sp³-hybridized carbons (Fsp3) is 0.917. The molecule has 1 heterocycles. The molecule has 1 amide bonds. The molecule has 0 aromatic rings. The van der Waals surface area contributed by atoms with Crippen LogP contribution in [0.5, 0.6) is 0 Å². The third-order valence-corrected chi connectivity index (χ3v) is 4.24. The predicted molar refractivity (Wildman–Crippen MR) is 66.7 cm³/mol. The first-order valence-corrected chi connectivity index (χ1v) is 7.33. The quantitative estimate of drug-likeness (QED) is 0.730. The molecule has 0 aromatic carbocycles. The monoisotopic (exact) mass is 289 g/mol. The number of rotatable bonds is 2. The number of alkyl halides is 1. The lowest BCUT2D eigenvalue weighted by Crippen LogP contribution is -2.51. The van der Waals surface area contributed by atoms with E-state index in [1.54, 1.807) is 0 Å². The van der Waals surface area contributed by atoms with Crippen molar-refractivity contribution in [1.82, 2.24) is 4.90 Å². The molecule has 1 saturated heterocycles. The van der Waals surface area contributed by atoms with E-state index in [4.69, 9.17) is 4.74 Å². The smallest absolute Gasteiger partial charge is 0.225 e. The molecule has 2 unspecified atom stereocenters. The molecule has 1 aliphatic heterocycles. The van der Waals surface area contributed by atoms with Crippen molar-refractivity contribution in [2.24, 2.45) is 5.92 Å². The van der Waals surface area contributed by atoms with E-state index >= 15 is 0 Å². The van der Waals surface area contributed by atoms with E-state index in [1.807, 2.05) is 11.8 Å². The van der Waals surface area contributed by atoms with Gasteiger partial charge in [0.25, 0.3) is 0 Å². The summed E-state index contributed by atoms with van der Waals surface area (Å²) in [5, 5.41) is 0.811. The number of hydrogen-bond donors (Lipinski definition) is 0. The average molecular weight is 290 g/mol. The second-order valence-electron chi connectivity index (χ2n) is 4.95. The van der Waals surface area contributed by atoms with Crippen LogP contribution in [0.2, 0.25) is 0 Å². The Morgan fingerprint density at radius 3 is 2.69 bits per heavy atom. The van der Waals surface area contributed by atoms with Crippen molar-refractivity contribution in [2.45, 2.75) is 44.8 Å². The summed E-state index contributed by atoms with van der Waals surface area (Å²) in [4.78, 5) is 14.3. The lowest BCUT2D eigenvalue weighted by atomic mass is 10.1. The van der Waals surface area contributed by atoms with Crippen LogP contribution >= 0.6 is 15.9 Å². The standard InChI is InChI=1S/C12H20BrNO2/c1-9-7-14(8-11(6-13)16-9)12(15)10-4-2-3-5-10/h9-11H,2-8H2,1H3. The third-order valence-electron chi connectivity index (χ3n) is 3.51. The van der Waals surface area contributed by atoms with E-state index in [-0.39, 0.29) is 12.2 Å². The number of ether oxygens (including phenoxy) is 1. The summed E-state index contributed by atoms with van der Waals surface area (Å²) < 4.78 is 5.74. The van der Waals surface area contributed by atoms with Crippen LogP contribution in [0.4, 0.5) is 0 Å². The van der Waals surface area contributed by atoms with Crippen LogP contribution in [-0.4, -0.2) is 41.4 Å². The number of morpholine rings is 1. The topological polar surface area (TPSA) is 29.5 Å². The van der Waals surface area contributed by atoms with Gasteiger partial charge in [-0.05, 0) is 19.8 Å². The van der Waals surface area contributed by atoms with Crippen molar-refractivity contribution in [1.29, 1.82) is 0 Å². The average Bonchev–Trinajstić information content (AvgIpc) is 2.80. The molecule has 1 aliphatic carbocycles. The maximum absolute atomic E-state index is 12.3. The minimum absolute atomic E-state index is 0.161. The van der Waals surface area contributed by atoms with Crippen molar-refractivity contribution in [3.8, 4) is 0 Å². The first-order chi connectivity index (χ1) is 7.70. The molecule has 0 aromatic heterocycles. The second-order valence-corrected chi connectivity index (χ2v) is 5.60. The minimum Gasteiger partial charge on any atom is -0.371 e. The van der Waals surface area contributed by atoms with Gasteiger partial charge in [0.05, 0.1) is 12.2 Å². The van der Waals surface area contributed by atoms with E-state index in [1.165, 1.54) is 12.8 Å². The number of amides is 1. The SMILES string of the molecule is CC1CN(C(=O)C2CCCC2)CC(CBr)O1. The predicted octanol–water partition coefficient (Wildman–Crippen LogP) is 2.19. The molecule has 16 heavy (non-hydrogen) atoms. The fourth-order valence-corrected chi connectivity index (χ4v) is 3.10. The summed E-state index contributed by atoms with van der Waals surface area (Å²) >= 11 is 3.44. The number of nitrogens with zero attached hydrogens (tertiary/aromatic N) is 1. The summed E-state index contributed by atoms with van der Waals surface area (Å²) in [7, 11) is 0. The normalized spacial score (nSPS) is 32.0. The van der Waals surface area contributed by atoms with Crippen LogP contribution in [0.3, 0.4) is 0 Å². The zero-order valence-electron chi connectivity index (χ0n) is 9.82. The summed E-state index contributed by atoms with van der Waals surface area (Å²) in [6.45, 7) is 3.56. The third kappa shape index (κ3) is 2.77. The van der Waals surface area contributed by atoms with E-state index in [9.17, 15) is 4.79 Å². The number of carbonyl (C=O) groups excluding carboxylic acids is 1. The second kappa shape index (κ2) is 5.50. The first kappa shape index (κ1) is 12.4. The summed E-state index contributed by atoms with van der Waals surface area (Å²) in [5.41, 5.74) is 0. The lowest BCUT2D eigenvalue weighted by Gasteiger charge is -2.37. The Hall–Kier alpha value is -0.0900. The van der Waals surface area contributed by atoms with Crippen LogP contribution in [0, 0.1) is 5.92 Å². The minimum atomic E-state index is 0.161. The van der Waals surface area contributed by atoms with Crippen molar-refractivity contribution in [2.75, 3.05) is 18.4 Å². The van der Waals surface area contributed by atoms with E-state index in [2.05, 4.69) is 15.9 Å². The Labute approximate surface area is 106 Å². The molecule has 3 nitrogen and oxygen atoms in total. The van der Waals surface area contributed by atoms with Crippen molar-refractivity contribution < 1.29 is 9.53 Å². The van der Waals surface area contributed by atoms with Gasteiger partial charge in [0.1, 0.15) is 0 Å². The van der Waals surface area contributed by atoms with Gasteiger partial charge in [-0.1, -0.05) is 28.8 Å². The van der Waals surface area contributed by atoms with Gasteiger partial charge >= 0.3 is 0 Å². The molecule has 4 heteroatoms. The van der Waals surface area contributed by atoms with Gasteiger partial charge < -0.3 is 9.64 Å². The largest absolute Gasteiger partial charge is 0.371 e. The van der Waals surface area contributed by atoms with Crippen molar-refractivity contribution >= 4 is 21.8 Å². The van der Waals surface area contributed by atoms with Crippen molar-refractivity contribution in [3.63, 3.8) is 0 Å². The van der Waals surface area contributed by atoms with Crippen LogP contribution in [0.25, 0.3) is 0 Å². The Balaban J connectivity index is 1.94. The Morgan fingerprint density at radius 1 is 1.38 bits per heavy atom. The molecule has 0 radical (unpaired) electrons. The highest BCUT2D eigenvalue weighted by Crippen LogP contribution is 2.27. The van der Waals surface area contributed by atoms with Gasteiger partial charge in [-0.2, -0.15) is 0 Å². The molecular formula is C12H20BrNO2. The molecule has 92 valence electrons.